The second kappa shape index (κ2) is 11.3. The maximum Gasteiger partial charge on any atom is 0.318 e. The van der Waals surface area contributed by atoms with Crippen LogP contribution in [0.1, 0.15) is 49.1 Å². The molecule has 2 fully saturated rings. The van der Waals surface area contributed by atoms with Gasteiger partial charge in [0.15, 0.2) is 5.76 Å². The molecule has 0 unspecified atom stereocenters. The number of nitrogens with zero attached hydrogens (tertiary/aromatic N) is 3. The summed E-state index contributed by atoms with van der Waals surface area (Å²) in [6.07, 6.45) is 6.92. The number of fused-ring (bicyclic) bond motifs is 1. The Kier molecular flexibility index (Phi) is 8.13. The fourth-order valence-electron chi connectivity index (χ4n) is 5.73. The lowest BCUT2D eigenvalue weighted by atomic mass is 9.71. The van der Waals surface area contributed by atoms with Crippen molar-refractivity contribution in [3.63, 3.8) is 0 Å². The normalized spacial score (nSPS) is 24.3. The van der Waals surface area contributed by atoms with Crippen molar-refractivity contribution in [2.45, 2.75) is 38.5 Å². The molecule has 4 rings (SSSR count). The van der Waals surface area contributed by atoms with Crippen LogP contribution >= 0.6 is 0 Å². The van der Waals surface area contributed by atoms with Gasteiger partial charge < -0.3 is 28.6 Å². The van der Waals surface area contributed by atoms with Gasteiger partial charge >= 0.3 is 5.97 Å². The third-order valence-corrected chi connectivity index (χ3v) is 7.58. The van der Waals surface area contributed by atoms with E-state index in [4.69, 9.17) is 13.9 Å². The molecular weight excluding hydrogens is 466 g/mol. The van der Waals surface area contributed by atoms with Gasteiger partial charge in [-0.2, -0.15) is 0 Å². The van der Waals surface area contributed by atoms with Crippen LogP contribution < -0.4 is 0 Å². The highest BCUT2D eigenvalue weighted by atomic mass is 16.5. The second-order valence-corrected chi connectivity index (χ2v) is 9.54. The SMILES string of the molecule is COCCCN1C(=O)[C@H](CC(=O)N2CCN(C(=O)c3ccco3)CC2)[C@]2(C(=O)OC)CCCCC=C12. The van der Waals surface area contributed by atoms with Crippen molar-refractivity contribution < 1.29 is 33.1 Å². The van der Waals surface area contributed by atoms with Gasteiger partial charge in [0.1, 0.15) is 5.41 Å². The average Bonchev–Trinajstić information content (AvgIpc) is 3.44. The maximum absolute atomic E-state index is 13.7. The molecule has 0 spiro atoms. The standard InChI is InChI=1S/C26H35N3O7/c1-34-16-7-11-29-21-9-4-3-5-10-26(21,25(33)35-2)19(23(29)31)18-22(30)27-12-14-28(15-13-27)24(32)20-8-6-17-36-20/h6,8-9,17,19H,3-5,7,10-16,18H2,1-2H3/t19-,26+/m0/s1. The third kappa shape index (κ3) is 4.78. The van der Waals surface area contributed by atoms with E-state index in [0.717, 1.165) is 19.3 Å². The highest BCUT2D eigenvalue weighted by molar-refractivity contribution is 5.99. The first-order chi connectivity index (χ1) is 17.4. The van der Waals surface area contributed by atoms with Gasteiger partial charge in [0.25, 0.3) is 5.91 Å². The van der Waals surface area contributed by atoms with E-state index in [0.29, 0.717) is 57.9 Å². The number of hydrogen-bond donors (Lipinski definition) is 0. The molecule has 3 amide bonds. The molecule has 0 N–H and O–H groups in total. The zero-order valence-electron chi connectivity index (χ0n) is 21.1. The quantitative estimate of drug-likeness (QED) is 0.396. The van der Waals surface area contributed by atoms with Gasteiger partial charge in [-0.25, -0.2) is 0 Å². The third-order valence-electron chi connectivity index (χ3n) is 7.58. The largest absolute Gasteiger partial charge is 0.468 e. The van der Waals surface area contributed by atoms with E-state index in [1.165, 1.54) is 13.4 Å². The molecule has 0 saturated carbocycles. The minimum atomic E-state index is -1.15. The zero-order chi connectivity index (χ0) is 25.7. The van der Waals surface area contributed by atoms with Crippen molar-refractivity contribution >= 4 is 23.7 Å². The molecule has 3 heterocycles. The Morgan fingerprint density at radius 3 is 2.53 bits per heavy atom. The molecule has 2 aliphatic heterocycles. The number of carbonyl (C=O) groups is 4. The molecule has 0 aromatic carbocycles. The monoisotopic (exact) mass is 501 g/mol. The molecule has 196 valence electrons. The number of likely N-dealkylation sites (tertiary alicyclic amines) is 1. The van der Waals surface area contributed by atoms with Crippen LogP contribution in [-0.4, -0.2) is 91.9 Å². The summed E-state index contributed by atoms with van der Waals surface area (Å²) in [7, 11) is 2.95. The lowest BCUT2D eigenvalue weighted by molar-refractivity contribution is -0.156. The van der Waals surface area contributed by atoms with E-state index < -0.39 is 17.3 Å². The van der Waals surface area contributed by atoms with E-state index in [1.54, 1.807) is 33.9 Å². The molecule has 1 aromatic rings. The Balaban J connectivity index is 1.51. The first kappa shape index (κ1) is 25.9. The molecule has 2 saturated heterocycles. The molecule has 10 nitrogen and oxygen atoms in total. The molecule has 36 heavy (non-hydrogen) atoms. The number of ether oxygens (including phenoxy) is 2. The van der Waals surface area contributed by atoms with Gasteiger partial charge in [-0.05, 0) is 37.8 Å². The molecule has 10 heteroatoms. The van der Waals surface area contributed by atoms with Crippen molar-refractivity contribution in [2.24, 2.45) is 11.3 Å². The number of methoxy groups -OCH3 is 2. The van der Waals surface area contributed by atoms with Crippen molar-refractivity contribution in [1.82, 2.24) is 14.7 Å². The van der Waals surface area contributed by atoms with Gasteiger partial charge in [0.05, 0.1) is 19.3 Å². The summed E-state index contributed by atoms with van der Waals surface area (Å²) in [5.41, 5.74) is -0.470. The zero-order valence-corrected chi connectivity index (χ0v) is 21.1. The molecule has 0 bridgehead atoms. The summed E-state index contributed by atoms with van der Waals surface area (Å²) in [6.45, 7) is 2.39. The van der Waals surface area contributed by atoms with E-state index >= 15 is 0 Å². The topological polar surface area (TPSA) is 110 Å². The summed E-state index contributed by atoms with van der Waals surface area (Å²) in [4.78, 5) is 58.0. The number of piperazine rings is 1. The van der Waals surface area contributed by atoms with Crippen LogP contribution in [-0.2, 0) is 23.9 Å². The van der Waals surface area contributed by atoms with Gasteiger partial charge in [-0.15, -0.1) is 0 Å². The second-order valence-electron chi connectivity index (χ2n) is 9.54. The Labute approximate surface area is 211 Å². The van der Waals surface area contributed by atoms with Crippen LogP contribution in [0.2, 0.25) is 0 Å². The van der Waals surface area contributed by atoms with Crippen molar-refractivity contribution in [2.75, 3.05) is 53.6 Å². The minimum absolute atomic E-state index is 0.0712. The summed E-state index contributed by atoms with van der Waals surface area (Å²) in [5, 5.41) is 0. The predicted molar refractivity (Wildman–Crippen MR) is 129 cm³/mol. The van der Waals surface area contributed by atoms with Gasteiger partial charge in [-0.1, -0.05) is 12.5 Å². The summed E-state index contributed by atoms with van der Waals surface area (Å²) in [6, 6.07) is 3.28. The van der Waals surface area contributed by atoms with E-state index in [2.05, 4.69) is 0 Å². The number of furan rings is 1. The summed E-state index contributed by atoms with van der Waals surface area (Å²) >= 11 is 0. The average molecular weight is 502 g/mol. The van der Waals surface area contributed by atoms with Gasteiger partial charge in [0, 0.05) is 58.6 Å². The van der Waals surface area contributed by atoms with E-state index in [9.17, 15) is 19.2 Å². The Morgan fingerprint density at radius 1 is 1.11 bits per heavy atom. The Hall–Kier alpha value is -3.14. The van der Waals surface area contributed by atoms with Crippen molar-refractivity contribution in [3.05, 3.63) is 35.9 Å². The number of allylic oxidation sites excluding steroid dienone is 1. The van der Waals surface area contributed by atoms with Crippen LogP contribution in [0, 0.1) is 11.3 Å². The Morgan fingerprint density at radius 2 is 1.86 bits per heavy atom. The first-order valence-corrected chi connectivity index (χ1v) is 12.6. The number of esters is 1. The van der Waals surface area contributed by atoms with Crippen LogP contribution in [0.25, 0.3) is 0 Å². The molecule has 1 aromatic heterocycles. The predicted octanol–water partition coefficient (Wildman–Crippen LogP) is 2.07. The lowest BCUT2D eigenvalue weighted by Gasteiger charge is -2.36. The number of rotatable bonds is 8. The Bertz CT molecular complexity index is 997. The molecule has 0 radical (unpaired) electrons. The summed E-state index contributed by atoms with van der Waals surface area (Å²) < 4.78 is 15.6. The molecule has 3 aliphatic rings. The highest BCUT2D eigenvalue weighted by Gasteiger charge is 2.61. The number of carbonyl (C=O) groups excluding carboxylic acids is 4. The van der Waals surface area contributed by atoms with Crippen LogP contribution in [0.3, 0.4) is 0 Å². The van der Waals surface area contributed by atoms with Gasteiger partial charge in [-0.3, -0.25) is 19.2 Å². The van der Waals surface area contributed by atoms with Crippen molar-refractivity contribution in [3.8, 4) is 0 Å². The van der Waals surface area contributed by atoms with Crippen LogP contribution in [0.4, 0.5) is 0 Å². The van der Waals surface area contributed by atoms with Gasteiger partial charge in [0.2, 0.25) is 11.8 Å². The number of hydrogen-bond acceptors (Lipinski definition) is 7. The highest BCUT2D eigenvalue weighted by Crippen LogP contribution is 2.53. The minimum Gasteiger partial charge on any atom is -0.468 e. The fraction of sp³-hybridized carbons (Fsp3) is 0.615. The van der Waals surface area contributed by atoms with E-state index in [-0.39, 0.29) is 29.9 Å². The fourth-order valence-corrected chi connectivity index (χ4v) is 5.73. The molecular formula is C26H35N3O7. The van der Waals surface area contributed by atoms with E-state index in [1.807, 2.05) is 6.08 Å². The van der Waals surface area contributed by atoms with Crippen molar-refractivity contribution in [1.29, 1.82) is 0 Å². The van der Waals surface area contributed by atoms with Crippen LogP contribution in [0.5, 0.6) is 0 Å². The lowest BCUT2D eigenvalue weighted by Crippen LogP contribution is -2.51. The maximum atomic E-state index is 13.7. The molecule has 1 aliphatic carbocycles. The smallest absolute Gasteiger partial charge is 0.318 e. The van der Waals surface area contributed by atoms with Crippen LogP contribution in [0.15, 0.2) is 34.6 Å². The number of amides is 3. The summed E-state index contributed by atoms with van der Waals surface area (Å²) in [5.74, 6) is -1.60. The first-order valence-electron chi connectivity index (χ1n) is 12.6. The molecule has 2 atom stereocenters.